The number of ether oxygens (including phenoxy) is 2. The second-order valence-corrected chi connectivity index (χ2v) is 8.81. The predicted molar refractivity (Wildman–Crippen MR) is 134 cm³/mol. The summed E-state index contributed by atoms with van der Waals surface area (Å²) < 4.78 is 10.7. The van der Waals surface area contributed by atoms with Gasteiger partial charge in [0.2, 0.25) is 0 Å². The van der Waals surface area contributed by atoms with Crippen LogP contribution in [0.1, 0.15) is 41.2 Å². The maximum atomic E-state index is 11.4. The monoisotopic (exact) mass is 482 g/mol. The fourth-order valence-electron chi connectivity index (χ4n) is 4.21. The molecule has 0 aromatic heterocycles. The molecule has 34 heavy (non-hydrogen) atoms. The molecule has 0 spiro atoms. The fraction of sp³-hybridized carbons (Fsp3) is 0.321. The van der Waals surface area contributed by atoms with Gasteiger partial charge in [-0.2, -0.15) is 0 Å². The first kappa shape index (κ1) is 25.6. The lowest BCUT2D eigenvalue weighted by molar-refractivity contribution is -0.136. The zero-order valence-corrected chi connectivity index (χ0v) is 20.3. The Morgan fingerprint density at radius 3 is 2.15 bits per heavy atom. The van der Waals surface area contributed by atoms with Gasteiger partial charge in [0.15, 0.2) is 11.5 Å². The van der Waals surface area contributed by atoms with Gasteiger partial charge in [-0.15, -0.1) is 0 Å². The number of rotatable bonds is 12. The Morgan fingerprint density at radius 1 is 0.912 bits per heavy atom. The van der Waals surface area contributed by atoms with Crippen molar-refractivity contribution in [1.29, 1.82) is 0 Å². The quantitative estimate of drug-likeness (QED) is 0.336. The maximum Gasteiger partial charge on any atom is 0.307 e. The summed E-state index contributed by atoms with van der Waals surface area (Å²) in [6.45, 7) is 0. The second kappa shape index (κ2) is 12.4. The molecule has 0 saturated heterocycles. The molecule has 2 atom stereocenters. The summed E-state index contributed by atoms with van der Waals surface area (Å²) in [5, 5.41) is 20.9. The summed E-state index contributed by atoms with van der Waals surface area (Å²) >= 11 is 6.53. The van der Waals surface area contributed by atoms with Gasteiger partial charge in [-0.25, -0.2) is 0 Å². The van der Waals surface area contributed by atoms with Crippen molar-refractivity contribution in [2.45, 2.75) is 38.2 Å². The summed E-state index contributed by atoms with van der Waals surface area (Å²) in [7, 11) is 3.10. The van der Waals surface area contributed by atoms with Gasteiger partial charge in [0.05, 0.1) is 31.8 Å². The van der Waals surface area contributed by atoms with E-state index in [1.807, 2.05) is 42.5 Å². The number of halogens is 1. The van der Waals surface area contributed by atoms with Crippen molar-refractivity contribution < 1.29 is 24.5 Å². The number of methoxy groups -OCH3 is 2. The fourth-order valence-corrected chi connectivity index (χ4v) is 4.47. The van der Waals surface area contributed by atoms with Crippen LogP contribution in [0.25, 0.3) is 0 Å². The maximum absolute atomic E-state index is 11.4. The highest BCUT2D eigenvalue weighted by molar-refractivity contribution is 6.31. The highest BCUT2D eigenvalue weighted by Gasteiger charge is 2.25. The molecule has 2 N–H and O–H groups in total. The highest BCUT2D eigenvalue weighted by Crippen LogP contribution is 2.39. The topological polar surface area (TPSA) is 76.0 Å². The molecule has 3 aromatic rings. The number of carboxylic acid groups (broad SMARTS) is 1. The van der Waals surface area contributed by atoms with Gasteiger partial charge in [-0.05, 0) is 54.4 Å². The van der Waals surface area contributed by atoms with Crippen LogP contribution in [-0.2, 0) is 24.1 Å². The van der Waals surface area contributed by atoms with Crippen molar-refractivity contribution in [3.8, 4) is 11.5 Å². The van der Waals surface area contributed by atoms with E-state index >= 15 is 0 Å². The smallest absolute Gasteiger partial charge is 0.307 e. The largest absolute Gasteiger partial charge is 0.493 e. The third-order valence-corrected chi connectivity index (χ3v) is 6.35. The van der Waals surface area contributed by atoms with E-state index in [1.54, 1.807) is 26.4 Å². The minimum atomic E-state index is -0.856. The highest BCUT2D eigenvalue weighted by atomic mass is 35.5. The molecule has 0 saturated carbocycles. The molecule has 0 aliphatic carbocycles. The molecule has 0 radical (unpaired) electrons. The first-order chi connectivity index (χ1) is 16.4. The molecule has 0 aliphatic rings. The van der Waals surface area contributed by atoms with Crippen molar-refractivity contribution in [3.05, 3.63) is 94.0 Å². The summed E-state index contributed by atoms with van der Waals surface area (Å²) in [4.78, 5) is 11.0. The number of aliphatic hydroxyl groups is 1. The molecule has 0 fully saturated rings. The Labute approximate surface area is 205 Å². The number of aliphatic hydroxyl groups excluding tert-OH is 1. The molecule has 6 heteroatoms. The summed E-state index contributed by atoms with van der Waals surface area (Å²) in [6.07, 6.45) is 2.44. The van der Waals surface area contributed by atoms with Crippen LogP contribution >= 0.6 is 11.6 Å². The second-order valence-electron chi connectivity index (χ2n) is 8.40. The van der Waals surface area contributed by atoms with Crippen molar-refractivity contribution in [2.24, 2.45) is 5.92 Å². The lowest BCUT2D eigenvalue weighted by Crippen LogP contribution is -2.17. The normalized spacial score (nSPS) is 12.7. The molecule has 0 amide bonds. The van der Waals surface area contributed by atoms with Crippen molar-refractivity contribution >= 4 is 17.6 Å². The Hall–Kier alpha value is -3.02. The number of aryl methyl sites for hydroxylation is 1. The van der Waals surface area contributed by atoms with Crippen LogP contribution in [0.5, 0.6) is 11.5 Å². The first-order valence-electron chi connectivity index (χ1n) is 11.3. The van der Waals surface area contributed by atoms with E-state index in [9.17, 15) is 9.90 Å². The van der Waals surface area contributed by atoms with Gasteiger partial charge >= 0.3 is 5.97 Å². The third kappa shape index (κ3) is 6.99. The van der Waals surface area contributed by atoms with Crippen LogP contribution in [0, 0.1) is 5.92 Å². The number of hydrogen-bond donors (Lipinski definition) is 2. The van der Waals surface area contributed by atoms with Gasteiger partial charge in [0.1, 0.15) is 0 Å². The molecule has 1 unspecified atom stereocenters. The average molecular weight is 483 g/mol. The Balaban J connectivity index is 1.82. The van der Waals surface area contributed by atoms with Crippen LogP contribution in [-0.4, -0.2) is 30.4 Å². The molecule has 180 valence electrons. The number of benzene rings is 3. The first-order valence-corrected chi connectivity index (χ1v) is 11.7. The zero-order chi connectivity index (χ0) is 24.5. The molecule has 0 heterocycles. The van der Waals surface area contributed by atoms with Gasteiger partial charge in [-0.1, -0.05) is 66.2 Å². The standard InChI is InChI=1S/C28H31ClO5/c1-33-25-17-23(24(29)18-26(25)34-2)28(32)22(10-6-9-19-7-4-3-5-8-19)15-20-11-13-21(14-12-20)16-27(30)31/h3-5,7-8,11-14,17-18,22,28,32H,6,9-10,15-16H2,1-2H3,(H,30,31)/t22-,28?/m1/s1. The van der Waals surface area contributed by atoms with Crippen LogP contribution in [0.3, 0.4) is 0 Å². The van der Waals surface area contributed by atoms with Crippen LogP contribution in [0.2, 0.25) is 5.02 Å². The van der Waals surface area contributed by atoms with Crippen molar-refractivity contribution in [2.75, 3.05) is 14.2 Å². The minimum Gasteiger partial charge on any atom is -0.493 e. The number of aliphatic carboxylic acids is 1. The Kier molecular flexibility index (Phi) is 9.37. The van der Waals surface area contributed by atoms with Gasteiger partial charge < -0.3 is 19.7 Å². The molecule has 5 nitrogen and oxygen atoms in total. The van der Waals surface area contributed by atoms with Crippen LogP contribution < -0.4 is 9.47 Å². The summed E-state index contributed by atoms with van der Waals surface area (Å²) in [5.74, 6) is 0.0785. The Morgan fingerprint density at radius 2 is 1.53 bits per heavy atom. The molecule has 0 aliphatic heterocycles. The summed E-state index contributed by atoms with van der Waals surface area (Å²) in [6, 6.07) is 21.2. The van der Waals surface area contributed by atoms with E-state index in [0.29, 0.717) is 28.5 Å². The molecule has 3 aromatic carbocycles. The number of hydrogen-bond acceptors (Lipinski definition) is 4. The van der Waals surface area contributed by atoms with Crippen LogP contribution in [0.15, 0.2) is 66.7 Å². The SMILES string of the molecule is COc1cc(Cl)c(C(O)[C@H](CCCc2ccccc2)Cc2ccc(CC(=O)O)cc2)cc1OC. The molecule has 3 rings (SSSR count). The van der Waals surface area contributed by atoms with E-state index in [-0.39, 0.29) is 12.3 Å². The lowest BCUT2D eigenvalue weighted by Gasteiger charge is -2.25. The van der Waals surface area contributed by atoms with E-state index < -0.39 is 12.1 Å². The van der Waals surface area contributed by atoms with Gasteiger partial charge in [0.25, 0.3) is 0 Å². The number of carboxylic acids is 1. The van der Waals surface area contributed by atoms with E-state index in [0.717, 1.165) is 30.4 Å². The average Bonchev–Trinajstić information content (AvgIpc) is 2.84. The third-order valence-electron chi connectivity index (χ3n) is 6.03. The lowest BCUT2D eigenvalue weighted by atomic mass is 9.85. The number of carbonyl (C=O) groups is 1. The molecular weight excluding hydrogens is 452 g/mol. The predicted octanol–water partition coefficient (Wildman–Crippen LogP) is 5.90. The summed E-state index contributed by atoms with van der Waals surface area (Å²) in [5.41, 5.74) is 3.65. The zero-order valence-electron chi connectivity index (χ0n) is 19.5. The molecular formula is C28H31ClO5. The van der Waals surface area contributed by atoms with Crippen molar-refractivity contribution in [3.63, 3.8) is 0 Å². The van der Waals surface area contributed by atoms with E-state index in [2.05, 4.69) is 12.1 Å². The van der Waals surface area contributed by atoms with Gasteiger partial charge in [-0.3, -0.25) is 4.79 Å². The van der Waals surface area contributed by atoms with E-state index in [1.165, 1.54) is 5.56 Å². The van der Waals surface area contributed by atoms with Crippen molar-refractivity contribution in [1.82, 2.24) is 0 Å². The molecule has 0 bridgehead atoms. The Bertz CT molecular complexity index is 1070. The minimum absolute atomic E-state index is 0.00927. The van der Waals surface area contributed by atoms with Gasteiger partial charge in [0, 0.05) is 11.6 Å². The van der Waals surface area contributed by atoms with Crippen LogP contribution in [0.4, 0.5) is 0 Å². The van der Waals surface area contributed by atoms with E-state index in [4.69, 9.17) is 26.2 Å².